The van der Waals surface area contributed by atoms with Crippen molar-refractivity contribution in [3.05, 3.63) is 123 Å². The number of unbranched alkanes of at least 4 members (excludes halogenated alkanes) is 2. The molecule has 0 aromatic heterocycles. The molecule has 2 heteroatoms. The summed E-state index contributed by atoms with van der Waals surface area (Å²) in [6.45, 7) is 4.49. The Morgan fingerprint density at radius 3 is 1.51 bits per heavy atom. The van der Waals surface area contributed by atoms with E-state index in [9.17, 15) is 5.53 Å². The molecule has 6 rings (SSSR count). The van der Waals surface area contributed by atoms with E-state index in [0.29, 0.717) is 0 Å². The molecule has 0 amide bonds. The van der Waals surface area contributed by atoms with Gasteiger partial charge in [-0.05, 0) is 94.2 Å². The molecule has 0 spiro atoms. The van der Waals surface area contributed by atoms with Crippen molar-refractivity contribution >= 4 is 5.71 Å². The molecule has 2 nitrogen and oxygen atoms in total. The number of fused-ring (bicyclic) bond motifs is 6. The molecule has 0 aliphatic heterocycles. The van der Waals surface area contributed by atoms with E-state index in [1.54, 1.807) is 0 Å². The Bertz CT molecular complexity index is 1440. The minimum Gasteiger partial charge on any atom is -0.361 e. The van der Waals surface area contributed by atoms with Gasteiger partial charge in [0.1, 0.15) is 0 Å². The van der Waals surface area contributed by atoms with Crippen LogP contribution in [0, 0.1) is 0 Å². The highest BCUT2D eigenvalue weighted by molar-refractivity contribution is 6.15. The molecule has 0 saturated carbocycles. The standard InChI is InChI=1S/C35H34N2/c1-3-5-11-23-17-19-29-27-15-9-7-13-25(27)21-31(29)33(23)35(37-36)34-24(12-6-4-2)18-20-30-28-16-10-8-14-26(28)22-32(30)34/h7-10,13-20H,3-6,11-12,21-22H2,1-2H3. The molecule has 0 N–H and O–H groups in total. The fourth-order valence-corrected chi connectivity index (χ4v) is 6.49. The van der Waals surface area contributed by atoms with Crippen LogP contribution in [0.15, 0.2) is 72.8 Å². The summed E-state index contributed by atoms with van der Waals surface area (Å²) in [6, 6.07) is 26.7. The third kappa shape index (κ3) is 3.97. The van der Waals surface area contributed by atoms with Crippen molar-refractivity contribution in [1.29, 1.82) is 0 Å². The van der Waals surface area contributed by atoms with Crippen LogP contribution in [-0.2, 0) is 25.7 Å². The van der Waals surface area contributed by atoms with Crippen LogP contribution in [0.2, 0.25) is 0 Å². The minimum atomic E-state index is 0.770. The summed E-state index contributed by atoms with van der Waals surface area (Å²) in [5, 5.41) is 0. The molecule has 2 aliphatic rings. The Morgan fingerprint density at radius 2 is 1.08 bits per heavy atom. The maximum absolute atomic E-state index is 10.8. The van der Waals surface area contributed by atoms with Gasteiger partial charge in [0, 0.05) is 0 Å². The molecule has 2 aliphatic carbocycles. The maximum Gasteiger partial charge on any atom is 0.330 e. The van der Waals surface area contributed by atoms with Crippen LogP contribution in [0.25, 0.3) is 27.8 Å². The molecule has 4 aromatic carbocycles. The summed E-state index contributed by atoms with van der Waals surface area (Å²) in [7, 11) is 0. The Hall–Kier alpha value is -3.74. The summed E-state index contributed by atoms with van der Waals surface area (Å²) >= 11 is 0. The van der Waals surface area contributed by atoms with Gasteiger partial charge >= 0.3 is 5.71 Å². The molecule has 0 radical (unpaired) electrons. The molecular formula is C35H34N2. The predicted molar refractivity (Wildman–Crippen MR) is 153 cm³/mol. The van der Waals surface area contributed by atoms with Crippen LogP contribution >= 0.6 is 0 Å². The van der Waals surface area contributed by atoms with Crippen molar-refractivity contribution in [2.45, 2.75) is 65.2 Å². The van der Waals surface area contributed by atoms with E-state index in [4.69, 9.17) is 0 Å². The Morgan fingerprint density at radius 1 is 0.622 bits per heavy atom. The van der Waals surface area contributed by atoms with Crippen molar-refractivity contribution in [2.24, 2.45) is 0 Å². The zero-order valence-corrected chi connectivity index (χ0v) is 22.0. The second-order valence-electron chi connectivity index (χ2n) is 10.6. The predicted octanol–water partition coefficient (Wildman–Crippen LogP) is 8.58. The van der Waals surface area contributed by atoms with E-state index < -0.39 is 0 Å². The summed E-state index contributed by atoms with van der Waals surface area (Å²) in [5.74, 6) is 0. The molecule has 0 atom stereocenters. The first kappa shape index (κ1) is 23.6. The quantitative estimate of drug-likeness (QED) is 0.118. The van der Waals surface area contributed by atoms with Gasteiger partial charge in [-0.25, -0.2) is 0 Å². The minimum absolute atomic E-state index is 0.770. The van der Waals surface area contributed by atoms with E-state index in [0.717, 1.165) is 68.2 Å². The topological polar surface area (TPSA) is 36.4 Å². The number of aryl methyl sites for hydroxylation is 2. The molecular weight excluding hydrogens is 448 g/mol. The second-order valence-corrected chi connectivity index (χ2v) is 10.6. The molecule has 184 valence electrons. The molecule has 0 unspecified atom stereocenters. The van der Waals surface area contributed by atoms with Crippen molar-refractivity contribution in [2.75, 3.05) is 0 Å². The zero-order chi connectivity index (χ0) is 25.4. The number of hydrogen-bond donors (Lipinski definition) is 0. The first-order valence-corrected chi connectivity index (χ1v) is 13.9. The largest absolute Gasteiger partial charge is 0.361 e. The van der Waals surface area contributed by atoms with Crippen LogP contribution in [0.3, 0.4) is 0 Å². The van der Waals surface area contributed by atoms with Crippen molar-refractivity contribution in [3.63, 3.8) is 0 Å². The maximum atomic E-state index is 10.8. The molecule has 37 heavy (non-hydrogen) atoms. The first-order valence-electron chi connectivity index (χ1n) is 13.9. The lowest BCUT2D eigenvalue weighted by molar-refractivity contribution is -0.00301. The fourth-order valence-electron chi connectivity index (χ4n) is 6.49. The van der Waals surface area contributed by atoms with Crippen LogP contribution in [0.1, 0.15) is 84.0 Å². The van der Waals surface area contributed by atoms with E-state index in [1.165, 1.54) is 55.6 Å². The zero-order valence-electron chi connectivity index (χ0n) is 22.0. The summed E-state index contributed by atoms with van der Waals surface area (Å²) in [6.07, 6.45) is 8.29. The normalized spacial score (nSPS) is 12.5. The van der Waals surface area contributed by atoms with Gasteiger partial charge in [0.25, 0.3) is 0 Å². The molecule has 0 saturated heterocycles. The number of hydrogen-bond acceptors (Lipinski definition) is 0. The Balaban J connectivity index is 1.60. The SMILES string of the molecule is CCCCc1ccc2c(c1C(=[N+]=[N-])c1c(CCCC)ccc3c1Cc1ccccc1-3)Cc1ccccc1-2. The van der Waals surface area contributed by atoms with Gasteiger partial charge in [-0.15, -0.1) is 0 Å². The smallest absolute Gasteiger partial charge is 0.330 e. The number of rotatable bonds is 8. The van der Waals surface area contributed by atoms with Gasteiger partial charge in [-0.1, -0.05) is 99.5 Å². The van der Waals surface area contributed by atoms with Crippen molar-refractivity contribution in [1.82, 2.24) is 0 Å². The van der Waals surface area contributed by atoms with Gasteiger partial charge in [-0.2, -0.15) is 4.79 Å². The average Bonchev–Trinajstić information content (AvgIpc) is 3.50. The summed E-state index contributed by atoms with van der Waals surface area (Å²) in [5.41, 5.74) is 27.1. The molecule has 4 aromatic rings. The number of benzene rings is 4. The van der Waals surface area contributed by atoms with Gasteiger partial charge < -0.3 is 5.53 Å². The van der Waals surface area contributed by atoms with Crippen LogP contribution in [-0.4, -0.2) is 10.5 Å². The monoisotopic (exact) mass is 482 g/mol. The lowest BCUT2D eigenvalue weighted by Crippen LogP contribution is -2.16. The van der Waals surface area contributed by atoms with Gasteiger partial charge in [0.15, 0.2) is 0 Å². The second kappa shape index (κ2) is 9.96. The van der Waals surface area contributed by atoms with Crippen LogP contribution < -0.4 is 0 Å². The fraction of sp³-hybridized carbons (Fsp3) is 0.286. The Labute approximate surface area is 220 Å². The lowest BCUT2D eigenvalue weighted by Gasteiger charge is -2.17. The average molecular weight is 483 g/mol. The highest BCUT2D eigenvalue weighted by Crippen LogP contribution is 2.44. The first-order chi connectivity index (χ1) is 18.2. The van der Waals surface area contributed by atoms with Crippen molar-refractivity contribution < 1.29 is 4.79 Å². The third-order valence-corrected chi connectivity index (χ3v) is 8.32. The van der Waals surface area contributed by atoms with E-state index in [1.807, 2.05) is 0 Å². The van der Waals surface area contributed by atoms with Gasteiger partial charge in [0.05, 0.1) is 11.1 Å². The molecule has 0 heterocycles. The Kier molecular flexibility index (Phi) is 6.37. The van der Waals surface area contributed by atoms with Crippen molar-refractivity contribution in [3.8, 4) is 22.3 Å². The lowest BCUT2D eigenvalue weighted by atomic mass is 9.83. The summed E-state index contributed by atoms with van der Waals surface area (Å²) in [4.78, 5) is 4.16. The van der Waals surface area contributed by atoms with E-state index >= 15 is 0 Å². The van der Waals surface area contributed by atoms with Gasteiger partial charge in [-0.3, -0.25) is 0 Å². The third-order valence-electron chi connectivity index (χ3n) is 8.32. The molecule has 0 bridgehead atoms. The van der Waals surface area contributed by atoms with Crippen LogP contribution in [0.5, 0.6) is 0 Å². The van der Waals surface area contributed by atoms with Gasteiger partial charge in [0.2, 0.25) is 0 Å². The van der Waals surface area contributed by atoms with Crippen LogP contribution in [0.4, 0.5) is 0 Å². The molecule has 0 fully saturated rings. The summed E-state index contributed by atoms with van der Waals surface area (Å²) < 4.78 is 0. The number of nitrogens with zero attached hydrogens (tertiary/aromatic N) is 2. The highest BCUT2D eigenvalue weighted by atomic mass is 14.9. The highest BCUT2D eigenvalue weighted by Gasteiger charge is 2.34. The van der Waals surface area contributed by atoms with E-state index in [-0.39, 0.29) is 0 Å². The van der Waals surface area contributed by atoms with E-state index in [2.05, 4.69) is 91.4 Å².